The lowest BCUT2D eigenvalue weighted by Crippen LogP contribution is -2.29. The van der Waals surface area contributed by atoms with E-state index in [-0.39, 0.29) is 10.8 Å². The van der Waals surface area contributed by atoms with Gasteiger partial charge in [-0.05, 0) is 17.3 Å². The van der Waals surface area contributed by atoms with Crippen LogP contribution < -0.4 is 0 Å². The first kappa shape index (κ1) is 14.7. The van der Waals surface area contributed by atoms with Gasteiger partial charge in [-0.15, -0.1) is 0 Å². The number of carbonyl (C=O) groups excluding carboxylic acids is 1. The van der Waals surface area contributed by atoms with Crippen molar-refractivity contribution in [3.63, 3.8) is 0 Å². The van der Waals surface area contributed by atoms with E-state index in [0.717, 1.165) is 6.42 Å². The smallest absolute Gasteiger partial charge is 0.138 e. The van der Waals surface area contributed by atoms with Crippen LogP contribution >= 0.6 is 0 Å². The van der Waals surface area contributed by atoms with Crippen molar-refractivity contribution in [1.82, 2.24) is 0 Å². The van der Waals surface area contributed by atoms with E-state index in [1.807, 2.05) is 20.8 Å². The summed E-state index contributed by atoms with van der Waals surface area (Å²) >= 11 is 0. The highest BCUT2D eigenvalue weighted by Gasteiger charge is 2.31. The molecule has 1 heteroatoms. The quantitative estimate of drug-likeness (QED) is 0.675. The Balaban J connectivity index is 4.46. The predicted molar refractivity (Wildman–Crippen MR) is 66.9 cm³/mol. The van der Waals surface area contributed by atoms with Gasteiger partial charge in [0.1, 0.15) is 5.78 Å². The Kier molecular flexibility index (Phi) is 4.18. The van der Waals surface area contributed by atoms with Gasteiger partial charge >= 0.3 is 0 Å². The van der Waals surface area contributed by atoms with Crippen molar-refractivity contribution in [1.29, 1.82) is 0 Å². The van der Waals surface area contributed by atoms with Gasteiger partial charge in [0.2, 0.25) is 0 Å². The molecule has 0 aromatic carbocycles. The van der Waals surface area contributed by atoms with E-state index in [2.05, 4.69) is 34.6 Å². The molecule has 0 saturated heterocycles. The van der Waals surface area contributed by atoms with Crippen molar-refractivity contribution in [3.8, 4) is 0 Å². The number of hydrogen-bond acceptors (Lipinski definition) is 1. The van der Waals surface area contributed by atoms with Crippen molar-refractivity contribution in [2.45, 2.75) is 68.2 Å². The minimum Gasteiger partial charge on any atom is -0.299 e. The largest absolute Gasteiger partial charge is 0.299 e. The first-order valence-electron chi connectivity index (χ1n) is 5.87. The lowest BCUT2D eigenvalue weighted by Gasteiger charge is -2.33. The van der Waals surface area contributed by atoms with Crippen molar-refractivity contribution in [3.05, 3.63) is 0 Å². The molecule has 0 aliphatic rings. The Morgan fingerprint density at radius 1 is 0.867 bits per heavy atom. The summed E-state index contributed by atoms with van der Waals surface area (Å²) in [5, 5.41) is 0. The van der Waals surface area contributed by atoms with Gasteiger partial charge in [-0.3, -0.25) is 4.79 Å². The summed E-state index contributed by atoms with van der Waals surface area (Å²) < 4.78 is 0. The second kappa shape index (κ2) is 4.27. The van der Waals surface area contributed by atoms with Gasteiger partial charge in [0.05, 0.1) is 0 Å². The van der Waals surface area contributed by atoms with Gasteiger partial charge < -0.3 is 0 Å². The molecule has 0 radical (unpaired) electrons. The number of hydrogen-bond donors (Lipinski definition) is 0. The molecule has 90 valence electrons. The third-order valence-corrected chi connectivity index (χ3v) is 2.48. The number of carbonyl (C=O) groups is 1. The number of ketones is 1. The highest BCUT2D eigenvalue weighted by atomic mass is 16.1. The zero-order valence-corrected chi connectivity index (χ0v) is 11.8. The Bertz CT molecular complexity index is 223. The molecule has 0 saturated carbocycles. The Morgan fingerprint density at radius 2 is 1.27 bits per heavy atom. The van der Waals surface area contributed by atoms with Crippen LogP contribution in [0.3, 0.4) is 0 Å². The topological polar surface area (TPSA) is 17.1 Å². The predicted octanol–water partition coefficient (Wildman–Crippen LogP) is 4.45. The van der Waals surface area contributed by atoms with Crippen LogP contribution in [-0.2, 0) is 4.79 Å². The van der Waals surface area contributed by atoms with E-state index < -0.39 is 0 Å². The fourth-order valence-electron chi connectivity index (χ4n) is 2.20. The first-order valence-corrected chi connectivity index (χ1v) is 5.87. The standard InChI is InChI=1S/C14H28O/c1-12(2,3)10-14(7,8)9-11(15)13(4,5)6/h9-10H2,1-8H3. The lowest BCUT2D eigenvalue weighted by atomic mass is 9.71. The zero-order valence-electron chi connectivity index (χ0n) is 11.8. The average molecular weight is 212 g/mol. The van der Waals surface area contributed by atoms with Crippen molar-refractivity contribution in [2.75, 3.05) is 0 Å². The number of Topliss-reactive ketones (excluding diaryl/α,β-unsaturated/α-hetero) is 1. The van der Waals surface area contributed by atoms with Crippen molar-refractivity contribution in [2.24, 2.45) is 16.2 Å². The van der Waals surface area contributed by atoms with Crippen LogP contribution in [0.5, 0.6) is 0 Å². The summed E-state index contributed by atoms with van der Waals surface area (Å²) in [5.41, 5.74) is 0.208. The maximum absolute atomic E-state index is 12.0. The molecule has 0 spiro atoms. The third kappa shape index (κ3) is 6.70. The van der Waals surface area contributed by atoms with Crippen LogP contribution in [-0.4, -0.2) is 5.78 Å². The van der Waals surface area contributed by atoms with Crippen LogP contribution in [0.15, 0.2) is 0 Å². The third-order valence-electron chi connectivity index (χ3n) is 2.48. The molecule has 15 heavy (non-hydrogen) atoms. The molecule has 0 atom stereocenters. The van der Waals surface area contributed by atoms with Gasteiger partial charge in [0, 0.05) is 11.8 Å². The maximum atomic E-state index is 12.0. The fourth-order valence-corrected chi connectivity index (χ4v) is 2.20. The summed E-state index contributed by atoms with van der Waals surface area (Å²) in [6, 6.07) is 0. The van der Waals surface area contributed by atoms with E-state index in [1.54, 1.807) is 0 Å². The summed E-state index contributed by atoms with van der Waals surface area (Å²) in [6.07, 6.45) is 1.77. The van der Waals surface area contributed by atoms with Crippen LogP contribution in [0.2, 0.25) is 0 Å². The SMILES string of the molecule is CC(C)(C)CC(C)(C)CC(=O)C(C)(C)C. The summed E-state index contributed by atoms with van der Waals surface area (Å²) in [6.45, 7) is 17.1. The lowest BCUT2D eigenvalue weighted by molar-refractivity contribution is -0.128. The average Bonchev–Trinajstić information content (AvgIpc) is 1.76. The summed E-state index contributed by atoms with van der Waals surface area (Å²) in [5.74, 6) is 0.372. The molecule has 0 aliphatic heterocycles. The number of rotatable bonds is 3. The van der Waals surface area contributed by atoms with Crippen LogP contribution in [0.1, 0.15) is 68.2 Å². The second-order valence-corrected chi connectivity index (χ2v) is 7.75. The van der Waals surface area contributed by atoms with E-state index in [0.29, 0.717) is 17.6 Å². The fraction of sp³-hybridized carbons (Fsp3) is 0.929. The molecule has 0 rings (SSSR count). The van der Waals surface area contributed by atoms with Gasteiger partial charge in [0.25, 0.3) is 0 Å². The second-order valence-electron chi connectivity index (χ2n) is 7.75. The van der Waals surface area contributed by atoms with E-state index in [4.69, 9.17) is 0 Å². The Labute approximate surface area is 95.6 Å². The maximum Gasteiger partial charge on any atom is 0.138 e. The minimum atomic E-state index is -0.199. The van der Waals surface area contributed by atoms with Crippen LogP contribution in [0.25, 0.3) is 0 Å². The Morgan fingerprint density at radius 3 is 1.53 bits per heavy atom. The van der Waals surface area contributed by atoms with Gasteiger partial charge in [0.15, 0.2) is 0 Å². The van der Waals surface area contributed by atoms with Crippen LogP contribution in [0.4, 0.5) is 0 Å². The van der Waals surface area contributed by atoms with Gasteiger partial charge in [-0.1, -0.05) is 55.4 Å². The highest BCUT2D eigenvalue weighted by molar-refractivity contribution is 5.84. The molecule has 0 aromatic heterocycles. The summed E-state index contributed by atoms with van der Waals surface area (Å²) in [7, 11) is 0. The molecule has 0 bridgehead atoms. The molecule has 0 unspecified atom stereocenters. The normalized spacial score (nSPS) is 14.1. The molecular weight excluding hydrogens is 184 g/mol. The molecule has 0 N–H and O–H groups in total. The molecule has 0 amide bonds. The minimum absolute atomic E-state index is 0.114. The highest BCUT2D eigenvalue weighted by Crippen LogP contribution is 2.37. The van der Waals surface area contributed by atoms with Crippen molar-refractivity contribution >= 4 is 5.78 Å². The first-order chi connectivity index (χ1) is 6.33. The Hall–Kier alpha value is -0.330. The van der Waals surface area contributed by atoms with Crippen molar-refractivity contribution < 1.29 is 4.79 Å². The summed E-state index contributed by atoms with van der Waals surface area (Å²) in [4.78, 5) is 12.0. The van der Waals surface area contributed by atoms with Crippen LogP contribution in [0, 0.1) is 16.2 Å². The molecule has 0 fully saturated rings. The molecular formula is C14H28O. The zero-order chi connectivity index (χ0) is 12.5. The van der Waals surface area contributed by atoms with Gasteiger partial charge in [-0.2, -0.15) is 0 Å². The molecule has 0 heterocycles. The van der Waals surface area contributed by atoms with E-state index in [1.165, 1.54) is 0 Å². The van der Waals surface area contributed by atoms with Gasteiger partial charge in [-0.25, -0.2) is 0 Å². The molecule has 0 aromatic rings. The molecule has 0 aliphatic carbocycles. The van der Waals surface area contributed by atoms with E-state index >= 15 is 0 Å². The monoisotopic (exact) mass is 212 g/mol. The van der Waals surface area contributed by atoms with E-state index in [9.17, 15) is 4.79 Å². The molecule has 1 nitrogen and oxygen atoms in total.